The molecule has 1 fully saturated rings. The van der Waals surface area contributed by atoms with E-state index < -0.39 is 0 Å². The van der Waals surface area contributed by atoms with Crippen LogP contribution in [-0.4, -0.2) is 21.9 Å². The minimum absolute atomic E-state index is 0.188. The van der Waals surface area contributed by atoms with Crippen molar-refractivity contribution < 1.29 is 4.79 Å². The first-order chi connectivity index (χ1) is 9.81. The van der Waals surface area contributed by atoms with Gasteiger partial charge < -0.3 is 10.3 Å². The quantitative estimate of drug-likeness (QED) is 0.878. The summed E-state index contributed by atoms with van der Waals surface area (Å²) in [5, 5.41) is 3.12. The van der Waals surface area contributed by atoms with Crippen molar-refractivity contribution in [2.75, 3.05) is 0 Å². The lowest BCUT2D eigenvalue weighted by molar-refractivity contribution is -0.121. The maximum Gasteiger partial charge on any atom is 0.220 e. The fraction of sp³-hybridized carbons (Fsp3) is 0.500. The predicted octanol–water partition coefficient (Wildman–Crippen LogP) is 2.94. The van der Waals surface area contributed by atoms with Crippen molar-refractivity contribution in [1.29, 1.82) is 0 Å². The third kappa shape index (κ3) is 3.18. The van der Waals surface area contributed by atoms with E-state index in [0.717, 1.165) is 42.5 Å². The number of nitrogens with one attached hydrogen (secondary N) is 2. The molecule has 2 aromatic rings. The lowest BCUT2D eigenvalue weighted by atomic mass is 10.2. The minimum Gasteiger partial charge on any atom is -0.353 e. The van der Waals surface area contributed by atoms with E-state index in [1.165, 1.54) is 12.8 Å². The van der Waals surface area contributed by atoms with Crippen molar-refractivity contribution in [2.24, 2.45) is 0 Å². The standard InChI is InChI=1S/C16H21N3O/c20-16(17-12-6-1-2-7-12)11-5-10-15-18-13-8-3-4-9-14(13)19-15/h3-4,8-9,12H,1-2,5-7,10-11H2,(H,17,20)(H,18,19). The van der Waals surface area contributed by atoms with Crippen LogP contribution in [0.5, 0.6) is 0 Å². The first-order valence-electron chi connectivity index (χ1n) is 7.54. The van der Waals surface area contributed by atoms with Crippen molar-refractivity contribution in [3.8, 4) is 0 Å². The number of hydrogen-bond donors (Lipinski definition) is 2. The Morgan fingerprint density at radius 2 is 2.10 bits per heavy atom. The molecule has 1 aromatic carbocycles. The molecule has 4 nitrogen and oxygen atoms in total. The smallest absolute Gasteiger partial charge is 0.220 e. The lowest BCUT2D eigenvalue weighted by Crippen LogP contribution is -2.32. The summed E-state index contributed by atoms with van der Waals surface area (Å²) in [5.41, 5.74) is 2.07. The molecule has 1 aliphatic rings. The highest BCUT2D eigenvalue weighted by Gasteiger charge is 2.16. The zero-order valence-electron chi connectivity index (χ0n) is 11.7. The van der Waals surface area contributed by atoms with Gasteiger partial charge in [0.05, 0.1) is 11.0 Å². The number of aryl methyl sites for hydroxylation is 1. The molecule has 1 heterocycles. The van der Waals surface area contributed by atoms with Gasteiger partial charge in [0.15, 0.2) is 0 Å². The molecule has 0 spiro atoms. The van der Waals surface area contributed by atoms with Crippen molar-refractivity contribution in [3.05, 3.63) is 30.1 Å². The van der Waals surface area contributed by atoms with Crippen LogP contribution in [0.4, 0.5) is 0 Å². The van der Waals surface area contributed by atoms with Gasteiger partial charge >= 0.3 is 0 Å². The van der Waals surface area contributed by atoms with Gasteiger partial charge in [-0.05, 0) is 31.4 Å². The number of para-hydroxylation sites is 2. The monoisotopic (exact) mass is 271 g/mol. The second-order valence-electron chi connectivity index (χ2n) is 5.60. The van der Waals surface area contributed by atoms with Gasteiger partial charge in [-0.25, -0.2) is 4.98 Å². The van der Waals surface area contributed by atoms with E-state index in [4.69, 9.17) is 0 Å². The van der Waals surface area contributed by atoms with Crippen LogP contribution < -0.4 is 5.32 Å². The zero-order chi connectivity index (χ0) is 13.8. The number of amides is 1. The molecule has 1 aromatic heterocycles. The maximum atomic E-state index is 11.8. The first kappa shape index (κ1) is 13.2. The number of nitrogens with zero attached hydrogens (tertiary/aromatic N) is 1. The van der Waals surface area contributed by atoms with E-state index in [-0.39, 0.29) is 5.91 Å². The Labute approximate surface area is 119 Å². The van der Waals surface area contributed by atoms with E-state index in [1.54, 1.807) is 0 Å². The Morgan fingerprint density at radius 1 is 1.30 bits per heavy atom. The van der Waals surface area contributed by atoms with Crippen LogP contribution in [0.15, 0.2) is 24.3 Å². The first-order valence-corrected chi connectivity index (χ1v) is 7.54. The molecule has 1 amide bonds. The molecule has 0 aliphatic heterocycles. The van der Waals surface area contributed by atoms with Crippen molar-refractivity contribution in [2.45, 2.75) is 51.0 Å². The number of carbonyl (C=O) groups excluding carboxylic acids is 1. The molecule has 4 heteroatoms. The van der Waals surface area contributed by atoms with Crippen LogP contribution in [0.1, 0.15) is 44.3 Å². The summed E-state index contributed by atoms with van der Waals surface area (Å²) in [6.07, 6.45) is 7.07. The second-order valence-corrected chi connectivity index (χ2v) is 5.60. The van der Waals surface area contributed by atoms with Gasteiger partial charge in [-0.1, -0.05) is 25.0 Å². The summed E-state index contributed by atoms with van der Waals surface area (Å²) in [6, 6.07) is 8.44. The molecule has 2 N–H and O–H groups in total. The van der Waals surface area contributed by atoms with Crippen molar-refractivity contribution in [1.82, 2.24) is 15.3 Å². The Kier molecular flexibility index (Phi) is 4.00. The van der Waals surface area contributed by atoms with Gasteiger partial charge in [-0.3, -0.25) is 4.79 Å². The third-order valence-corrected chi connectivity index (χ3v) is 3.98. The maximum absolute atomic E-state index is 11.8. The number of aromatic nitrogens is 2. The van der Waals surface area contributed by atoms with Gasteiger partial charge in [-0.15, -0.1) is 0 Å². The summed E-state index contributed by atoms with van der Waals surface area (Å²) in [4.78, 5) is 19.6. The number of benzene rings is 1. The summed E-state index contributed by atoms with van der Waals surface area (Å²) in [5.74, 6) is 1.16. The topological polar surface area (TPSA) is 57.8 Å². The SMILES string of the molecule is O=C(CCCc1nc2ccccc2[nH]1)NC1CCCC1. The number of hydrogen-bond acceptors (Lipinski definition) is 2. The summed E-state index contributed by atoms with van der Waals surface area (Å²) in [6.45, 7) is 0. The van der Waals surface area contributed by atoms with Crippen LogP contribution in [0.3, 0.4) is 0 Å². The average Bonchev–Trinajstić information content (AvgIpc) is 3.07. The fourth-order valence-electron chi connectivity index (χ4n) is 2.91. The molecule has 0 bridgehead atoms. The Bertz CT molecular complexity index is 551. The number of H-pyrrole nitrogens is 1. The molecule has 1 aliphatic carbocycles. The molecule has 106 valence electrons. The van der Waals surface area contributed by atoms with E-state index in [0.29, 0.717) is 12.5 Å². The summed E-state index contributed by atoms with van der Waals surface area (Å²) >= 11 is 0. The normalized spacial score (nSPS) is 15.8. The van der Waals surface area contributed by atoms with Gasteiger partial charge in [0, 0.05) is 18.9 Å². The predicted molar refractivity (Wildman–Crippen MR) is 79.4 cm³/mol. The van der Waals surface area contributed by atoms with Gasteiger partial charge in [0.25, 0.3) is 0 Å². The van der Waals surface area contributed by atoms with E-state index in [1.807, 2.05) is 24.3 Å². The summed E-state index contributed by atoms with van der Waals surface area (Å²) in [7, 11) is 0. The van der Waals surface area contributed by atoms with E-state index >= 15 is 0 Å². The highest BCUT2D eigenvalue weighted by molar-refractivity contribution is 5.76. The molecule has 3 rings (SSSR count). The zero-order valence-corrected chi connectivity index (χ0v) is 11.7. The highest BCUT2D eigenvalue weighted by atomic mass is 16.1. The fourth-order valence-corrected chi connectivity index (χ4v) is 2.91. The van der Waals surface area contributed by atoms with Gasteiger partial charge in [0.1, 0.15) is 5.82 Å². The van der Waals surface area contributed by atoms with E-state index in [9.17, 15) is 4.79 Å². The van der Waals surface area contributed by atoms with Crippen LogP contribution in [0.25, 0.3) is 11.0 Å². The summed E-state index contributed by atoms with van der Waals surface area (Å²) < 4.78 is 0. The van der Waals surface area contributed by atoms with Crippen molar-refractivity contribution >= 4 is 16.9 Å². The average molecular weight is 271 g/mol. The van der Waals surface area contributed by atoms with E-state index in [2.05, 4.69) is 15.3 Å². The van der Waals surface area contributed by atoms with Crippen LogP contribution in [0.2, 0.25) is 0 Å². The Morgan fingerprint density at radius 3 is 2.90 bits per heavy atom. The Hall–Kier alpha value is -1.84. The number of carbonyl (C=O) groups is 1. The molecular weight excluding hydrogens is 250 g/mol. The largest absolute Gasteiger partial charge is 0.353 e. The second kappa shape index (κ2) is 6.07. The molecule has 0 unspecified atom stereocenters. The molecule has 20 heavy (non-hydrogen) atoms. The molecule has 0 atom stereocenters. The number of rotatable bonds is 5. The molecule has 0 radical (unpaired) electrons. The number of aromatic amines is 1. The highest BCUT2D eigenvalue weighted by Crippen LogP contribution is 2.18. The molecule has 1 saturated carbocycles. The van der Waals surface area contributed by atoms with Crippen LogP contribution in [-0.2, 0) is 11.2 Å². The Balaban J connectivity index is 1.45. The number of fused-ring (bicyclic) bond motifs is 1. The van der Waals surface area contributed by atoms with Crippen LogP contribution >= 0.6 is 0 Å². The van der Waals surface area contributed by atoms with Crippen LogP contribution in [0, 0.1) is 0 Å². The third-order valence-electron chi connectivity index (χ3n) is 3.98. The molecular formula is C16H21N3O. The van der Waals surface area contributed by atoms with Gasteiger partial charge in [-0.2, -0.15) is 0 Å². The number of imidazole rings is 1. The lowest BCUT2D eigenvalue weighted by Gasteiger charge is -2.11. The van der Waals surface area contributed by atoms with Gasteiger partial charge in [0.2, 0.25) is 5.91 Å². The minimum atomic E-state index is 0.188. The molecule has 0 saturated heterocycles. The van der Waals surface area contributed by atoms with Crippen molar-refractivity contribution in [3.63, 3.8) is 0 Å².